The highest BCUT2D eigenvalue weighted by molar-refractivity contribution is 5.74. The van der Waals surface area contributed by atoms with E-state index in [1.54, 1.807) is 12.1 Å². The van der Waals surface area contributed by atoms with Gasteiger partial charge < -0.3 is 15.0 Å². The molecule has 2 amide bonds. The molecule has 2 aliphatic rings. The number of nitrogens with one attached hydrogen (secondary N) is 1. The predicted octanol–water partition coefficient (Wildman–Crippen LogP) is 2.60. The molecule has 2 aliphatic heterocycles. The van der Waals surface area contributed by atoms with Crippen LogP contribution in [-0.2, 0) is 0 Å². The zero-order valence-electron chi connectivity index (χ0n) is 15.5. The Hall–Kier alpha value is -2.26. The topological polar surface area (TPSA) is 68.6 Å². The highest BCUT2D eigenvalue weighted by Crippen LogP contribution is 2.29. The highest BCUT2D eigenvalue weighted by Gasteiger charge is 2.40. The smallest absolute Gasteiger partial charge is 0.317 e. The maximum atomic E-state index is 12.3. The Balaban J connectivity index is 1.44. The lowest BCUT2D eigenvalue weighted by Gasteiger charge is -2.40. The van der Waals surface area contributed by atoms with Crippen LogP contribution in [0, 0.1) is 11.3 Å². The second kappa shape index (κ2) is 8.91. The van der Waals surface area contributed by atoms with Crippen molar-refractivity contribution < 1.29 is 9.53 Å². The lowest BCUT2D eigenvalue weighted by Crippen LogP contribution is -2.57. The monoisotopic (exact) mass is 356 g/mol. The molecule has 2 fully saturated rings. The van der Waals surface area contributed by atoms with Crippen LogP contribution >= 0.6 is 0 Å². The van der Waals surface area contributed by atoms with E-state index in [1.165, 1.54) is 0 Å². The summed E-state index contributed by atoms with van der Waals surface area (Å²) in [6.45, 7) is 6.02. The average molecular weight is 356 g/mol. The first-order chi connectivity index (χ1) is 12.7. The quantitative estimate of drug-likeness (QED) is 0.763. The summed E-state index contributed by atoms with van der Waals surface area (Å²) in [5, 5.41) is 11.9. The first-order valence-corrected chi connectivity index (χ1v) is 9.62. The molecular formula is C20H28N4O2. The number of unbranched alkanes of at least 4 members (excludes halogenated alkanes) is 1. The van der Waals surface area contributed by atoms with Gasteiger partial charge in [0.05, 0.1) is 11.6 Å². The Labute approximate surface area is 155 Å². The molecule has 140 valence electrons. The normalized spacial score (nSPS) is 22.1. The molecule has 6 nitrogen and oxygen atoms in total. The zero-order valence-corrected chi connectivity index (χ0v) is 15.5. The minimum Gasteiger partial charge on any atom is -0.492 e. The Morgan fingerprint density at radius 1 is 1.27 bits per heavy atom. The molecule has 2 heterocycles. The number of fused-ring (bicyclic) bond motifs is 2. The van der Waals surface area contributed by atoms with Crippen molar-refractivity contribution in [1.82, 2.24) is 15.1 Å². The lowest BCUT2D eigenvalue weighted by molar-refractivity contribution is 0.0710. The number of urea groups is 1. The van der Waals surface area contributed by atoms with E-state index >= 15 is 0 Å². The maximum absolute atomic E-state index is 12.3. The molecule has 2 unspecified atom stereocenters. The predicted molar refractivity (Wildman–Crippen MR) is 100 cm³/mol. The molecule has 0 aromatic heterocycles. The number of hydrogen-bond donors (Lipinski definition) is 1. The molecule has 26 heavy (non-hydrogen) atoms. The Kier molecular flexibility index (Phi) is 6.35. The molecule has 2 atom stereocenters. The first kappa shape index (κ1) is 18.5. The molecule has 0 aliphatic carbocycles. The van der Waals surface area contributed by atoms with Gasteiger partial charge in [-0.25, -0.2) is 4.79 Å². The van der Waals surface area contributed by atoms with Crippen molar-refractivity contribution in [3.8, 4) is 11.8 Å². The molecule has 0 saturated carbocycles. The van der Waals surface area contributed by atoms with Crippen LogP contribution in [0.5, 0.6) is 5.75 Å². The second-order valence-electron chi connectivity index (χ2n) is 7.10. The summed E-state index contributed by atoms with van der Waals surface area (Å²) in [7, 11) is 0. The molecule has 1 aromatic carbocycles. The van der Waals surface area contributed by atoms with E-state index in [-0.39, 0.29) is 6.03 Å². The van der Waals surface area contributed by atoms with E-state index < -0.39 is 0 Å². The number of piperazine rings is 1. The number of ether oxygens (including phenoxy) is 1. The molecule has 1 N–H and O–H groups in total. The van der Waals surface area contributed by atoms with E-state index in [2.05, 4.69) is 23.2 Å². The fraction of sp³-hybridized carbons (Fsp3) is 0.600. The molecule has 2 saturated heterocycles. The molecule has 0 radical (unpaired) electrons. The third-order valence-electron chi connectivity index (χ3n) is 5.33. The first-order valence-electron chi connectivity index (χ1n) is 9.62. The molecular weight excluding hydrogens is 328 g/mol. The lowest BCUT2D eigenvalue weighted by atomic mass is 10.2. The van der Waals surface area contributed by atoms with E-state index in [9.17, 15) is 4.79 Å². The van der Waals surface area contributed by atoms with Gasteiger partial charge in [0.1, 0.15) is 12.4 Å². The zero-order chi connectivity index (χ0) is 18.4. The SMILES string of the molecule is CCCCNC(=O)N1CC2CCC(C1)N2CCOc1ccc(C#N)cc1. The van der Waals surface area contributed by atoms with Gasteiger partial charge >= 0.3 is 6.03 Å². The van der Waals surface area contributed by atoms with Crippen molar-refractivity contribution >= 4 is 6.03 Å². The summed E-state index contributed by atoms with van der Waals surface area (Å²) in [6, 6.07) is 10.3. The Morgan fingerprint density at radius 3 is 2.58 bits per heavy atom. The summed E-state index contributed by atoms with van der Waals surface area (Å²) in [4.78, 5) is 16.8. The Bertz CT molecular complexity index is 626. The van der Waals surface area contributed by atoms with Gasteiger partial charge in [0, 0.05) is 38.3 Å². The summed E-state index contributed by atoms with van der Waals surface area (Å²) in [5.41, 5.74) is 0.642. The van der Waals surface area contributed by atoms with Gasteiger partial charge in [0.25, 0.3) is 0 Å². The van der Waals surface area contributed by atoms with E-state index in [1.807, 2.05) is 17.0 Å². The number of carbonyl (C=O) groups is 1. The average Bonchev–Trinajstić information content (AvgIpc) is 2.90. The number of benzene rings is 1. The fourth-order valence-electron chi connectivity index (χ4n) is 3.90. The van der Waals surface area contributed by atoms with Crippen molar-refractivity contribution in [3.05, 3.63) is 29.8 Å². The van der Waals surface area contributed by atoms with Gasteiger partial charge in [-0.1, -0.05) is 13.3 Å². The minimum atomic E-state index is 0.0869. The standard InChI is InChI=1S/C20H28N4O2/c1-2-3-10-22-20(25)23-14-17-6-7-18(15-23)24(17)11-12-26-19-8-4-16(13-21)5-9-19/h4-5,8-9,17-18H,2-3,6-7,10-12,14-15H2,1H3,(H,22,25). The molecule has 6 heteroatoms. The second-order valence-corrected chi connectivity index (χ2v) is 7.10. The van der Waals surface area contributed by atoms with Gasteiger partial charge in [-0.05, 0) is 43.5 Å². The number of likely N-dealkylation sites (tertiary alicyclic amines) is 1. The number of nitrogens with zero attached hydrogens (tertiary/aromatic N) is 3. The van der Waals surface area contributed by atoms with Crippen LogP contribution in [0.25, 0.3) is 0 Å². The van der Waals surface area contributed by atoms with Crippen molar-refractivity contribution in [1.29, 1.82) is 5.26 Å². The van der Waals surface area contributed by atoms with Crippen LogP contribution in [0.4, 0.5) is 4.79 Å². The van der Waals surface area contributed by atoms with Crippen LogP contribution in [0.15, 0.2) is 24.3 Å². The summed E-state index contributed by atoms with van der Waals surface area (Å²) in [6.07, 6.45) is 4.43. The van der Waals surface area contributed by atoms with E-state index in [0.717, 1.165) is 57.6 Å². The van der Waals surface area contributed by atoms with Crippen LogP contribution < -0.4 is 10.1 Å². The largest absolute Gasteiger partial charge is 0.492 e. The minimum absolute atomic E-state index is 0.0869. The summed E-state index contributed by atoms with van der Waals surface area (Å²) < 4.78 is 5.83. The van der Waals surface area contributed by atoms with Crippen molar-refractivity contribution in [2.45, 2.75) is 44.7 Å². The van der Waals surface area contributed by atoms with Gasteiger partial charge in [-0.3, -0.25) is 4.90 Å². The molecule has 1 aromatic rings. The fourth-order valence-corrected chi connectivity index (χ4v) is 3.90. The van der Waals surface area contributed by atoms with Crippen LogP contribution in [0.1, 0.15) is 38.2 Å². The molecule has 3 rings (SSSR count). The third-order valence-corrected chi connectivity index (χ3v) is 5.33. The Morgan fingerprint density at radius 2 is 1.96 bits per heavy atom. The van der Waals surface area contributed by atoms with Crippen molar-refractivity contribution in [2.24, 2.45) is 0 Å². The van der Waals surface area contributed by atoms with Crippen LogP contribution in [-0.4, -0.2) is 60.7 Å². The van der Waals surface area contributed by atoms with Gasteiger partial charge in [-0.15, -0.1) is 0 Å². The van der Waals surface area contributed by atoms with E-state index in [0.29, 0.717) is 24.3 Å². The van der Waals surface area contributed by atoms with Crippen molar-refractivity contribution in [3.63, 3.8) is 0 Å². The number of amides is 2. The summed E-state index contributed by atoms with van der Waals surface area (Å²) >= 11 is 0. The molecule has 2 bridgehead atoms. The number of nitriles is 1. The molecule has 0 spiro atoms. The third kappa shape index (κ3) is 4.47. The van der Waals surface area contributed by atoms with Gasteiger partial charge in [-0.2, -0.15) is 5.26 Å². The highest BCUT2D eigenvalue weighted by atomic mass is 16.5. The van der Waals surface area contributed by atoms with Gasteiger partial charge in [0.15, 0.2) is 0 Å². The number of carbonyl (C=O) groups excluding carboxylic acids is 1. The summed E-state index contributed by atoms with van der Waals surface area (Å²) in [5.74, 6) is 0.797. The number of hydrogen-bond acceptors (Lipinski definition) is 4. The van der Waals surface area contributed by atoms with E-state index in [4.69, 9.17) is 10.00 Å². The number of rotatable bonds is 7. The van der Waals surface area contributed by atoms with Crippen LogP contribution in [0.3, 0.4) is 0 Å². The maximum Gasteiger partial charge on any atom is 0.317 e. The van der Waals surface area contributed by atoms with Crippen molar-refractivity contribution in [2.75, 3.05) is 32.8 Å². The van der Waals surface area contributed by atoms with Gasteiger partial charge in [0.2, 0.25) is 0 Å². The van der Waals surface area contributed by atoms with Crippen LogP contribution in [0.2, 0.25) is 0 Å².